The monoisotopic (exact) mass is 549 g/mol. The molecule has 4 rings (SSSR count). The van der Waals surface area contributed by atoms with Crippen molar-refractivity contribution in [2.75, 3.05) is 38.0 Å². The van der Waals surface area contributed by atoms with Crippen molar-refractivity contribution in [3.05, 3.63) is 48.0 Å². The summed E-state index contributed by atoms with van der Waals surface area (Å²) in [4.78, 5) is 15.0. The van der Waals surface area contributed by atoms with E-state index in [1.54, 1.807) is 4.90 Å². The van der Waals surface area contributed by atoms with Gasteiger partial charge in [0.1, 0.15) is 5.75 Å². The topological polar surface area (TPSA) is 113 Å². The summed E-state index contributed by atoms with van der Waals surface area (Å²) in [6.45, 7) is 4.37. The average molecular weight is 550 g/mol. The molecule has 0 aromatic heterocycles. The first kappa shape index (κ1) is 27.4. The average Bonchev–Trinajstić information content (AvgIpc) is 3.19. The van der Waals surface area contributed by atoms with E-state index in [1.807, 2.05) is 0 Å². The molecule has 2 aliphatic rings. The fourth-order valence-corrected chi connectivity index (χ4v) is 7.35. The molecule has 2 fully saturated rings. The van der Waals surface area contributed by atoms with Gasteiger partial charge in [-0.3, -0.25) is 9.52 Å². The number of sulfonamides is 2. The highest BCUT2D eigenvalue weighted by Gasteiger charge is 2.27. The van der Waals surface area contributed by atoms with E-state index in [1.165, 1.54) is 53.9 Å². The van der Waals surface area contributed by atoms with Gasteiger partial charge in [-0.2, -0.15) is 4.31 Å². The number of ether oxygens (including phenoxy) is 1. The van der Waals surface area contributed by atoms with Gasteiger partial charge >= 0.3 is 0 Å². The first-order valence-electron chi connectivity index (χ1n) is 12.7. The molecular formula is C26H35N3O6S2. The molecule has 0 saturated carbocycles. The molecule has 11 heteroatoms. The number of piperidine rings is 1. The smallest absolute Gasteiger partial charge is 0.261 e. The second-order valence-electron chi connectivity index (χ2n) is 9.78. The van der Waals surface area contributed by atoms with Crippen LogP contribution in [0.15, 0.2) is 52.3 Å². The summed E-state index contributed by atoms with van der Waals surface area (Å²) in [5, 5.41) is 0. The molecule has 0 bridgehead atoms. The number of carbonyl (C=O) groups excluding carboxylic acids is 1. The van der Waals surface area contributed by atoms with Gasteiger partial charge in [-0.05, 0) is 74.1 Å². The third kappa shape index (κ3) is 6.27. The van der Waals surface area contributed by atoms with Crippen molar-refractivity contribution in [1.29, 1.82) is 0 Å². The van der Waals surface area contributed by atoms with Gasteiger partial charge in [0.2, 0.25) is 10.0 Å². The minimum atomic E-state index is -4.04. The lowest BCUT2D eigenvalue weighted by molar-refractivity contribution is 0.0693. The van der Waals surface area contributed by atoms with Crippen molar-refractivity contribution in [3.63, 3.8) is 0 Å². The maximum Gasteiger partial charge on any atom is 0.261 e. The van der Waals surface area contributed by atoms with Gasteiger partial charge < -0.3 is 9.64 Å². The van der Waals surface area contributed by atoms with E-state index in [0.29, 0.717) is 37.8 Å². The number of benzene rings is 2. The van der Waals surface area contributed by atoms with Gasteiger partial charge in [0.05, 0.1) is 22.5 Å². The molecule has 0 atom stereocenters. The summed E-state index contributed by atoms with van der Waals surface area (Å²) in [5.41, 5.74) is 0.419. The molecule has 0 aliphatic carbocycles. The Bertz CT molecular complexity index is 1310. The van der Waals surface area contributed by atoms with Crippen molar-refractivity contribution in [2.45, 2.75) is 55.2 Å². The SMILES string of the molecule is COc1ccc(S(=O)(=O)Nc2ccc(S(=O)(=O)N3CCCCCC3)cc2)cc1C(=O)N1CCC(C)CC1. The quantitative estimate of drug-likeness (QED) is 0.560. The summed E-state index contributed by atoms with van der Waals surface area (Å²) in [5.74, 6) is 0.599. The van der Waals surface area contributed by atoms with Crippen molar-refractivity contribution in [1.82, 2.24) is 9.21 Å². The minimum absolute atomic E-state index is 0.0803. The summed E-state index contributed by atoms with van der Waals surface area (Å²) in [7, 11) is -6.24. The summed E-state index contributed by atoms with van der Waals surface area (Å²) < 4.78 is 61.7. The van der Waals surface area contributed by atoms with E-state index in [0.717, 1.165) is 38.5 Å². The Labute approximate surface area is 219 Å². The summed E-state index contributed by atoms with van der Waals surface area (Å²) in [6.07, 6.45) is 5.50. The second kappa shape index (κ2) is 11.4. The van der Waals surface area contributed by atoms with E-state index in [-0.39, 0.29) is 26.9 Å². The summed E-state index contributed by atoms with van der Waals surface area (Å²) >= 11 is 0. The number of nitrogens with zero attached hydrogens (tertiary/aromatic N) is 2. The molecule has 9 nitrogen and oxygen atoms in total. The zero-order valence-corrected chi connectivity index (χ0v) is 23.0. The number of hydrogen-bond acceptors (Lipinski definition) is 6. The van der Waals surface area contributed by atoms with Gasteiger partial charge in [0.15, 0.2) is 0 Å². The Morgan fingerprint density at radius 1 is 0.865 bits per heavy atom. The molecule has 202 valence electrons. The fraction of sp³-hybridized carbons (Fsp3) is 0.500. The molecule has 0 spiro atoms. The van der Waals surface area contributed by atoms with Gasteiger partial charge in [0.25, 0.3) is 15.9 Å². The molecule has 37 heavy (non-hydrogen) atoms. The molecule has 0 unspecified atom stereocenters. The number of carbonyl (C=O) groups is 1. The number of methoxy groups -OCH3 is 1. The molecule has 2 aromatic carbocycles. The van der Waals surface area contributed by atoms with Crippen LogP contribution in [0.4, 0.5) is 5.69 Å². The Morgan fingerprint density at radius 2 is 1.46 bits per heavy atom. The molecule has 2 saturated heterocycles. The zero-order chi connectivity index (χ0) is 26.6. The predicted octanol–water partition coefficient (Wildman–Crippen LogP) is 3.93. The third-order valence-corrected chi connectivity index (χ3v) is 10.4. The van der Waals surface area contributed by atoms with Crippen molar-refractivity contribution in [3.8, 4) is 5.75 Å². The van der Waals surface area contributed by atoms with Crippen molar-refractivity contribution in [2.24, 2.45) is 5.92 Å². The maximum absolute atomic E-state index is 13.2. The highest BCUT2D eigenvalue weighted by Crippen LogP contribution is 2.28. The van der Waals surface area contributed by atoms with E-state index >= 15 is 0 Å². The van der Waals surface area contributed by atoms with Crippen LogP contribution >= 0.6 is 0 Å². The Kier molecular flexibility index (Phi) is 8.45. The van der Waals surface area contributed by atoms with Crippen LogP contribution in [0.5, 0.6) is 5.75 Å². The number of amides is 1. The second-order valence-corrected chi connectivity index (χ2v) is 13.4. The van der Waals surface area contributed by atoms with Crippen LogP contribution in [0, 0.1) is 5.92 Å². The van der Waals surface area contributed by atoms with Gasteiger partial charge in [-0.1, -0.05) is 19.8 Å². The summed E-state index contributed by atoms with van der Waals surface area (Å²) in [6, 6.07) is 9.90. The number of hydrogen-bond donors (Lipinski definition) is 1. The lowest BCUT2D eigenvalue weighted by atomic mass is 9.98. The van der Waals surface area contributed by atoms with Gasteiger partial charge in [0, 0.05) is 31.9 Å². The number of rotatable bonds is 7. The first-order valence-corrected chi connectivity index (χ1v) is 15.6. The molecule has 0 radical (unpaired) electrons. The van der Waals surface area contributed by atoms with E-state index in [9.17, 15) is 21.6 Å². The van der Waals surface area contributed by atoms with Gasteiger partial charge in [-0.15, -0.1) is 0 Å². The molecular weight excluding hydrogens is 514 g/mol. The zero-order valence-electron chi connectivity index (χ0n) is 21.4. The first-order chi connectivity index (χ1) is 17.6. The van der Waals surface area contributed by atoms with E-state index < -0.39 is 20.0 Å². The maximum atomic E-state index is 13.2. The van der Waals surface area contributed by atoms with Crippen molar-refractivity contribution >= 4 is 31.6 Å². The van der Waals surface area contributed by atoms with Crippen LogP contribution in [0.1, 0.15) is 55.8 Å². The third-order valence-electron chi connectivity index (χ3n) is 7.09. The van der Waals surface area contributed by atoms with Crippen LogP contribution in [0.25, 0.3) is 0 Å². The van der Waals surface area contributed by atoms with Crippen LogP contribution < -0.4 is 9.46 Å². The number of anilines is 1. The lowest BCUT2D eigenvalue weighted by Crippen LogP contribution is -2.38. The van der Waals surface area contributed by atoms with E-state index in [2.05, 4.69) is 11.6 Å². The highest BCUT2D eigenvalue weighted by molar-refractivity contribution is 7.92. The normalized spacial score (nSPS) is 18.3. The Morgan fingerprint density at radius 3 is 2.05 bits per heavy atom. The number of nitrogens with one attached hydrogen (secondary N) is 1. The lowest BCUT2D eigenvalue weighted by Gasteiger charge is -2.30. The minimum Gasteiger partial charge on any atom is -0.496 e. The Balaban J connectivity index is 1.53. The van der Waals surface area contributed by atoms with Crippen LogP contribution in [0.2, 0.25) is 0 Å². The fourth-order valence-electron chi connectivity index (χ4n) is 4.74. The number of likely N-dealkylation sites (tertiary alicyclic amines) is 1. The molecule has 2 heterocycles. The van der Waals surface area contributed by atoms with Crippen molar-refractivity contribution < 1.29 is 26.4 Å². The van der Waals surface area contributed by atoms with Crippen LogP contribution in [0.3, 0.4) is 0 Å². The standard InChI is InChI=1S/C26H35N3O6S2/c1-20-13-17-28(18-14-20)26(30)24-19-23(11-12-25(24)35-2)36(31,32)27-21-7-9-22(10-8-21)37(33,34)29-15-5-3-4-6-16-29/h7-12,19-20,27H,3-6,13-18H2,1-2H3. The molecule has 2 aromatic rings. The molecule has 1 N–H and O–H groups in total. The molecule has 1 amide bonds. The van der Waals surface area contributed by atoms with Gasteiger partial charge in [-0.25, -0.2) is 16.8 Å². The largest absolute Gasteiger partial charge is 0.496 e. The van der Waals surface area contributed by atoms with E-state index in [4.69, 9.17) is 4.74 Å². The highest BCUT2D eigenvalue weighted by atomic mass is 32.2. The predicted molar refractivity (Wildman–Crippen MR) is 142 cm³/mol. The van der Waals surface area contributed by atoms with Crippen LogP contribution in [-0.2, 0) is 20.0 Å². The Hall–Kier alpha value is -2.63. The molecule has 2 aliphatic heterocycles. The van der Waals surface area contributed by atoms with Crippen LogP contribution in [-0.4, -0.2) is 65.2 Å².